The second-order valence-electron chi connectivity index (χ2n) is 6.11. The second-order valence-corrected chi connectivity index (χ2v) is 6.11. The number of hydrogen-bond acceptors (Lipinski definition) is 4. The number of benzene rings is 1. The van der Waals surface area contributed by atoms with Crippen LogP contribution in [-0.2, 0) is 0 Å². The van der Waals surface area contributed by atoms with Crippen LogP contribution in [0, 0.1) is 0 Å². The van der Waals surface area contributed by atoms with Crippen molar-refractivity contribution < 1.29 is 15.0 Å². The van der Waals surface area contributed by atoms with E-state index in [0.717, 1.165) is 24.9 Å². The van der Waals surface area contributed by atoms with E-state index in [-0.39, 0.29) is 18.0 Å². The number of para-hydroxylation sites is 1. The first-order valence-corrected chi connectivity index (χ1v) is 7.92. The molecule has 0 bridgehead atoms. The van der Waals surface area contributed by atoms with Gasteiger partial charge in [-0.05, 0) is 25.0 Å². The Bertz CT molecular complexity index is 676. The maximum Gasteiger partial charge on any atom is 0.275 e. The molecule has 23 heavy (non-hydrogen) atoms. The van der Waals surface area contributed by atoms with Gasteiger partial charge < -0.3 is 15.5 Å². The predicted molar refractivity (Wildman–Crippen MR) is 85.6 cm³/mol. The molecule has 1 fully saturated rings. The summed E-state index contributed by atoms with van der Waals surface area (Å²) in [5.74, 6) is -0.654. The van der Waals surface area contributed by atoms with Crippen molar-refractivity contribution in [2.24, 2.45) is 0 Å². The molecule has 0 atom stereocenters. The van der Waals surface area contributed by atoms with E-state index >= 15 is 0 Å². The molecule has 122 valence electrons. The summed E-state index contributed by atoms with van der Waals surface area (Å²) in [5, 5.41) is 27.2. The van der Waals surface area contributed by atoms with E-state index < -0.39 is 11.5 Å². The number of hydrogen-bond donors (Lipinski definition) is 3. The van der Waals surface area contributed by atoms with Gasteiger partial charge in [0.1, 0.15) is 0 Å². The number of nitrogens with one attached hydrogen (secondary N) is 1. The highest BCUT2D eigenvalue weighted by Gasteiger charge is 2.30. The van der Waals surface area contributed by atoms with Gasteiger partial charge in [-0.15, -0.1) is 0 Å². The fraction of sp³-hybridized carbons (Fsp3) is 0.412. The normalized spacial score (nSPS) is 16.9. The first kappa shape index (κ1) is 15.6. The zero-order valence-corrected chi connectivity index (χ0v) is 12.9. The number of rotatable bonds is 4. The number of aliphatic hydroxyl groups is 1. The van der Waals surface area contributed by atoms with Crippen molar-refractivity contribution in [1.29, 1.82) is 0 Å². The number of aromatic hydroxyl groups is 1. The first-order valence-electron chi connectivity index (χ1n) is 7.92. The molecular weight excluding hydrogens is 294 g/mol. The SMILES string of the molecule is O=C(NCC1(O)CCCCC1)c1nn(-c2ccccc2)cc1O. The van der Waals surface area contributed by atoms with E-state index in [0.29, 0.717) is 12.8 Å². The largest absolute Gasteiger partial charge is 0.504 e. The summed E-state index contributed by atoms with van der Waals surface area (Å²) in [7, 11) is 0. The van der Waals surface area contributed by atoms with Crippen LogP contribution in [0.3, 0.4) is 0 Å². The molecule has 1 amide bonds. The summed E-state index contributed by atoms with van der Waals surface area (Å²) >= 11 is 0. The van der Waals surface area contributed by atoms with Crippen molar-refractivity contribution in [1.82, 2.24) is 15.1 Å². The van der Waals surface area contributed by atoms with Gasteiger partial charge in [0.05, 0.1) is 17.5 Å². The van der Waals surface area contributed by atoms with Gasteiger partial charge in [-0.25, -0.2) is 4.68 Å². The molecule has 0 unspecified atom stereocenters. The number of carbonyl (C=O) groups excluding carboxylic acids is 1. The minimum absolute atomic E-state index is 0.0340. The monoisotopic (exact) mass is 315 g/mol. The van der Waals surface area contributed by atoms with Crippen LogP contribution in [0.2, 0.25) is 0 Å². The van der Waals surface area contributed by atoms with Gasteiger partial charge in [0, 0.05) is 6.54 Å². The van der Waals surface area contributed by atoms with Crippen LogP contribution in [0.15, 0.2) is 36.5 Å². The quantitative estimate of drug-likeness (QED) is 0.805. The lowest BCUT2D eigenvalue weighted by Crippen LogP contribution is -2.44. The lowest BCUT2D eigenvalue weighted by molar-refractivity contribution is 0.00518. The van der Waals surface area contributed by atoms with Crippen LogP contribution in [0.5, 0.6) is 5.75 Å². The van der Waals surface area contributed by atoms with Crippen LogP contribution in [0.1, 0.15) is 42.6 Å². The Morgan fingerprint density at radius 1 is 1.22 bits per heavy atom. The molecule has 6 nitrogen and oxygen atoms in total. The second kappa shape index (κ2) is 6.42. The molecule has 0 saturated heterocycles. The molecular formula is C17H21N3O3. The summed E-state index contributed by atoms with van der Waals surface area (Å²) in [4.78, 5) is 12.2. The van der Waals surface area contributed by atoms with Crippen LogP contribution < -0.4 is 5.32 Å². The van der Waals surface area contributed by atoms with Gasteiger partial charge in [0.25, 0.3) is 5.91 Å². The first-order chi connectivity index (χ1) is 11.1. The minimum Gasteiger partial charge on any atom is -0.504 e. The van der Waals surface area contributed by atoms with Gasteiger partial charge in [0.15, 0.2) is 11.4 Å². The topological polar surface area (TPSA) is 87.4 Å². The molecule has 1 aromatic heterocycles. The number of carbonyl (C=O) groups is 1. The highest BCUT2D eigenvalue weighted by molar-refractivity contribution is 5.94. The van der Waals surface area contributed by atoms with E-state index in [9.17, 15) is 15.0 Å². The van der Waals surface area contributed by atoms with E-state index in [1.165, 1.54) is 10.9 Å². The van der Waals surface area contributed by atoms with Gasteiger partial charge in [-0.1, -0.05) is 37.5 Å². The smallest absolute Gasteiger partial charge is 0.275 e. The molecule has 3 N–H and O–H groups in total. The van der Waals surface area contributed by atoms with Gasteiger partial charge >= 0.3 is 0 Å². The highest BCUT2D eigenvalue weighted by atomic mass is 16.3. The van der Waals surface area contributed by atoms with Crippen molar-refractivity contribution in [2.75, 3.05) is 6.54 Å². The number of amides is 1. The average Bonchev–Trinajstić information content (AvgIpc) is 2.96. The van der Waals surface area contributed by atoms with E-state index in [4.69, 9.17) is 0 Å². The predicted octanol–water partition coefficient (Wildman–Crippen LogP) is 2.00. The summed E-state index contributed by atoms with van der Waals surface area (Å²) in [6.07, 6.45) is 5.86. The molecule has 1 aliphatic carbocycles. The summed E-state index contributed by atoms with van der Waals surface area (Å²) in [5.41, 5.74) is -0.119. The zero-order valence-electron chi connectivity index (χ0n) is 12.9. The third-order valence-corrected chi connectivity index (χ3v) is 4.29. The van der Waals surface area contributed by atoms with Gasteiger partial charge in [-0.3, -0.25) is 4.79 Å². The molecule has 0 spiro atoms. The van der Waals surface area contributed by atoms with Crippen molar-refractivity contribution in [3.63, 3.8) is 0 Å². The van der Waals surface area contributed by atoms with Gasteiger partial charge in [-0.2, -0.15) is 5.10 Å². The Balaban J connectivity index is 1.69. The Morgan fingerprint density at radius 3 is 2.61 bits per heavy atom. The average molecular weight is 315 g/mol. The molecule has 1 aromatic carbocycles. The van der Waals surface area contributed by atoms with Crippen LogP contribution in [-0.4, -0.2) is 38.0 Å². The third-order valence-electron chi connectivity index (χ3n) is 4.29. The Morgan fingerprint density at radius 2 is 1.91 bits per heavy atom. The molecule has 0 radical (unpaired) electrons. The number of aromatic nitrogens is 2. The van der Waals surface area contributed by atoms with Crippen molar-refractivity contribution in [3.05, 3.63) is 42.2 Å². The van der Waals surface area contributed by atoms with E-state index in [2.05, 4.69) is 10.4 Å². The molecule has 1 saturated carbocycles. The Hall–Kier alpha value is -2.34. The van der Waals surface area contributed by atoms with Crippen LogP contribution in [0.4, 0.5) is 0 Å². The Kier molecular flexibility index (Phi) is 4.34. The standard InChI is InChI=1S/C17H21N3O3/c21-14-11-20(13-7-3-1-4-8-13)19-15(14)16(22)18-12-17(23)9-5-2-6-10-17/h1,3-4,7-8,11,21,23H,2,5-6,9-10,12H2,(H,18,22). The van der Waals surface area contributed by atoms with Crippen LogP contribution in [0.25, 0.3) is 5.69 Å². The summed E-state index contributed by atoms with van der Waals surface area (Å²) in [6, 6.07) is 9.25. The molecule has 1 aliphatic rings. The summed E-state index contributed by atoms with van der Waals surface area (Å²) < 4.78 is 1.46. The van der Waals surface area contributed by atoms with E-state index in [1.807, 2.05) is 30.3 Å². The third kappa shape index (κ3) is 3.53. The fourth-order valence-corrected chi connectivity index (χ4v) is 2.95. The van der Waals surface area contributed by atoms with Crippen LogP contribution >= 0.6 is 0 Å². The number of nitrogens with zero attached hydrogens (tertiary/aromatic N) is 2. The summed E-state index contributed by atoms with van der Waals surface area (Å²) in [6.45, 7) is 0.184. The van der Waals surface area contributed by atoms with Gasteiger partial charge in [0.2, 0.25) is 0 Å². The maximum absolute atomic E-state index is 12.2. The van der Waals surface area contributed by atoms with Crippen molar-refractivity contribution >= 4 is 5.91 Å². The minimum atomic E-state index is -0.842. The molecule has 1 heterocycles. The molecule has 2 aromatic rings. The van der Waals surface area contributed by atoms with Crippen molar-refractivity contribution in [2.45, 2.75) is 37.7 Å². The van der Waals surface area contributed by atoms with Crippen molar-refractivity contribution in [3.8, 4) is 11.4 Å². The molecule has 6 heteroatoms. The molecule has 0 aliphatic heterocycles. The maximum atomic E-state index is 12.2. The highest BCUT2D eigenvalue weighted by Crippen LogP contribution is 2.27. The molecule has 3 rings (SSSR count). The fourth-order valence-electron chi connectivity index (χ4n) is 2.95. The Labute approximate surface area is 134 Å². The van der Waals surface area contributed by atoms with E-state index in [1.54, 1.807) is 0 Å². The zero-order chi connectivity index (χ0) is 16.3. The lowest BCUT2D eigenvalue weighted by atomic mass is 9.85. The lowest BCUT2D eigenvalue weighted by Gasteiger charge is -2.31.